The number of hydrogen-bond acceptors (Lipinski definition) is 4. The van der Waals surface area contributed by atoms with Crippen molar-refractivity contribution >= 4 is 29.0 Å². The molecule has 4 aromatic rings. The number of benzene rings is 3. The highest BCUT2D eigenvalue weighted by molar-refractivity contribution is 6.09. The monoisotopic (exact) mass is 505 g/mol. The maximum absolute atomic E-state index is 13.8. The maximum Gasteiger partial charge on any atom is 0.261 e. The van der Waals surface area contributed by atoms with E-state index in [4.69, 9.17) is 0 Å². The van der Waals surface area contributed by atoms with Crippen LogP contribution in [-0.2, 0) is 4.79 Å². The number of carbonyl (C=O) groups is 2. The summed E-state index contributed by atoms with van der Waals surface area (Å²) in [6.07, 6.45) is 1.55. The molecule has 2 heterocycles. The molecule has 3 N–H and O–H groups in total. The van der Waals surface area contributed by atoms with Crippen LogP contribution in [0.25, 0.3) is 0 Å². The molecule has 1 aromatic heterocycles. The van der Waals surface area contributed by atoms with Crippen LogP contribution in [0.5, 0.6) is 0 Å². The van der Waals surface area contributed by atoms with Crippen molar-refractivity contribution in [1.29, 1.82) is 0 Å². The zero-order chi connectivity index (χ0) is 27.0. The van der Waals surface area contributed by atoms with Gasteiger partial charge in [0.25, 0.3) is 11.8 Å². The first-order valence-corrected chi connectivity index (χ1v) is 12.6. The van der Waals surface area contributed by atoms with E-state index in [-0.39, 0.29) is 11.8 Å². The van der Waals surface area contributed by atoms with Gasteiger partial charge in [0.15, 0.2) is 0 Å². The van der Waals surface area contributed by atoms with Crippen LogP contribution in [0.2, 0.25) is 0 Å². The van der Waals surface area contributed by atoms with Crippen LogP contribution in [0.1, 0.15) is 51.1 Å². The van der Waals surface area contributed by atoms with E-state index < -0.39 is 6.04 Å². The molecule has 0 saturated carbocycles. The molecule has 7 nitrogen and oxygen atoms in total. The fraction of sp³-hybridized carbons (Fsp3) is 0.194. The van der Waals surface area contributed by atoms with Gasteiger partial charge in [0.05, 0.1) is 11.8 Å². The summed E-state index contributed by atoms with van der Waals surface area (Å²) in [4.78, 5) is 27.1. The van der Waals surface area contributed by atoms with Crippen molar-refractivity contribution in [2.45, 2.75) is 40.7 Å². The van der Waals surface area contributed by atoms with Crippen molar-refractivity contribution in [3.8, 4) is 0 Å². The van der Waals surface area contributed by atoms with Crippen molar-refractivity contribution in [2.24, 2.45) is 0 Å². The number of allylic oxidation sites excluding steroid dienone is 1. The lowest BCUT2D eigenvalue weighted by atomic mass is 9.93. The summed E-state index contributed by atoms with van der Waals surface area (Å²) in [5, 5.41) is 14.0. The Hall–Kier alpha value is -4.65. The number of fused-ring (bicyclic) bond motifs is 1. The van der Waals surface area contributed by atoms with Gasteiger partial charge in [-0.3, -0.25) is 9.59 Å². The van der Waals surface area contributed by atoms with Crippen molar-refractivity contribution in [2.75, 3.05) is 16.0 Å². The highest BCUT2D eigenvalue weighted by atomic mass is 16.2. The lowest BCUT2D eigenvalue weighted by Gasteiger charge is -2.30. The molecule has 1 atom stereocenters. The second-order valence-electron chi connectivity index (χ2n) is 9.93. The van der Waals surface area contributed by atoms with Gasteiger partial charge >= 0.3 is 0 Å². The van der Waals surface area contributed by atoms with Gasteiger partial charge in [0.1, 0.15) is 17.4 Å². The summed E-state index contributed by atoms with van der Waals surface area (Å²) in [6.45, 7) is 9.85. The van der Waals surface area contributed by atoms with Crippen LogP contribution in [0.4, 0.5) is 17.2 Å². The Balaban J connectivity index is 1.55. The minimum absolute atomic E-state index is 0.222. The molecular weight excluding hydrogens is 474 g/mol. The maximum atomic E-state index is 13.8. The molecule has 3 aromatic carbocycles. The number of nitrogens with one attached hydrogen (secondary N) is 3. The van der Waals surface area contributed by atoms with Gasteiger partial charge in [-0.25, -0.2) is 4.68 Å². The molecule has 1 unspecified atom stereocenters. The number of amides is 2. The van der Waals surface area contributed by atoms with Crippen molar-refractivity contribution in [3.05, 3.63) is 118 Å². The molecular formula is C31H31N5O2. The fourth-order valence-corrected chi connectivity index (χ4v) is 4.93. The van der Waals surface area contributed by atoms with E-state index in [0.29, 0.717) is 28.3 Å². The number of aryl methyl sites for hydroxylation is 4. The van der Waals surface area contributed by atoms with Gasteiger partial charge in [-0.05, 0) is 69.5 Å². The first-order valence-electron chi connectivity index (χ1n) is 12.6. The normalized spacial score (nSPS) is 14.5. The first-order chi connectivity index (χ1) is 18.2. The van der Waals surface area contributed by atoms with Crippen LogP contribution in [-0.4, -0.2) is 21.6 Å². The molecule has 38 heavy (non-hydrogen) atoms. The van der Waals surface area contributed by atoms with E-state index in [9.17, 15) is 9.59 Å². The van der Waals surface area contributed by atoms with Crippen LogP contribution in [0.15, 0.2) is 84.2 Å². The van der Waals surface area contributed by atoms with E-state index >= 15 is 0 Å². The zero-order valence-electron chi connectivity index (χ0n) is 22.2. The first kappa shape index (κ1) is 25.0. The molecule has 7 heteroatoms. The second kappa shape index (κ2) is 10.0. The minimum atomic E-state index is -0.516. The number of rotatable bonds is 5. The quantitative estimate of drug-likeness (QED) is 0.297. The van der Waals surface area contributed by atoms with Gasteiger partial charge < -0.3 is 16.0 Å². The highest BCUT2D eigenvalue weighted by Gasteiger charge is 2.35. The van der Waals surface area contributed by atoms with Crippen LogP contribution >= 0.6 is 0 Å². The summed E-state index contributed by atoms with van der Waals surface area (Å²) in [7, 11) is 0. The van der Waals surface area contributed by atoms with Gasteiger partial charge in [-0.15, -0.1) is 0 Å². The second-order valence-corrected chi connectivity index (χ2v) is 9.93. The lowest BCUT2D eigenvalue weighted by Crippen LogP contribution is -2.32. The number of hydrogen-bond donors (Lipinski definition) is 3. The summed E-state index contributed by atoms with van der Waals surface area (Å²) in [5.74, 6) is 0.0471. The van der Waals surface area contributed by atoms with Gasteiger partial charge in [0.2, 0.25) is 0 Å². The average Bonchev–Trinajstić information content (AvgIpc) is 3.28. The average molecular weight is 506 g/mol. The van der Waals surface area contributed by atoms with E-state index in [0.717, 1.165) is 33.5 Å². The molecule has 0 aliphatic carbocycles. The molecule has 192 valence electrons. The van der Waals surface area contributed by atoms with Crippen molar-refractivity contribution < 1.29 is 9.59 Å². The van der Waals surface area contributed by atoms with E-state index in [1.54, 1.807) is 10.9 Å². The third kappa shape index (κ3) is 4.83. The Bertz CT molecular complexity index is 1600. The van der Waals surface area contributed by atoms with Crippen molar-refractivity contribution in [1.82, 2.24) is 9.78 Å². The molecule has 0 bridgehead atoms. The fourth-order valence-electron chi connectivity index (χ4n) is 4.93. The summed E-state index contributed by atoms with van der Waals surface area (Å²) < 4.78 is 1.73. The Morgan fingerprint density at radius 2 is 1.53 bits per heavy atom. The predicted octanol–water partition coefficient (Wildman–Crippen LogP) is 6.30. The van der Waals surface area contributed by atoms with Crippen LogP contribution < -0.4 is 16.0 Å². The SMILES string of the molecule is CC1=C(C(=O)Nc2ccc(C)cc2C)C(c2cccc(C)c2)n2ncc(C(=O)Nc3cccc(C)c3)c2N1. The molecule has 0 fully saturated rings. The lowest BCUT2D eigenvalue weighted by molar-refractivity contribution is -0.113. The van der Waals surface area contributed by atoms with E-state index in [1.807, 2.05) is 101 Å². The molecule has 1 aliphatic rings. The van der Waals surface area contributed by atoms with Crippen molar-refractivity contribution in [3.63, 3.8) is 0 Å². The smallest absolute Gasteiger partial charge is 0.261 e. The van der Waals surface area contributed by atoms with E-state index in [2.05, 4.69) is 21.0 Å². The molecule has 0 radical (unpaired) electrons. The molecule has 2 amide bonds. The third-order valence-electron chi connectivity index (χ3n) is 6.78. The summed E-state index contributed by atoms with van der Waals surface area (Å²) >= 11 is 0. The number of nitrogens with zero attached hydrogens (tertiary/aromatic N) is 2. The Morgan fingerprint density at radius 3 is 2.24 bits per heavy atom. The third-order valence-corrected chi connectivity index (χ3v) is 6.78. The molecule has 1 aliphatic heterocycles. The summed E-state index contributed by atoms with van der Waals surface area (Å²) in [5.41, 5.74) is 8.22. The largest absolute Gasteiger partial charge is 0.343 e. The van der Waals surface area contributed by atoms with Gasteiger partial charge in [0, 0.05) is 17.1 Å². The van der Waals surface area contributed by atoms with Crippen LogP contribution in [0, 0.1) is 27.7 Å². The van der Waals surface area contributed by atoms with E-state index in [1.165, 1.54) is 0 Å². The van der Waals surface area contributed by atoms with Gasteiger partial charge in [-0.1, -0.05) is 59.7 Å². The Morgan fingerprint density at radius 1 is 0.816 bits per heavy atom. The molecule has 5 rings (SSSR count). The highest BCUT2D eigenvalue weighted by Crippen LogP contribution is 2.38. The molecule has 0 spiro atoms. The molecule has 0 saturated heterocycles. The van der Waals surface area contributed by atoms with Gasteiger partial charge in [-0.2, -0.15) is 5.10 Å². The Kier molecular flexibility index (Phi) is 6.59. The predicted molar refractivity (Wildman–Crippen MR) is 152 cm³/mol. The number of carbonyl (C=O) groups excluding carboxylic acids is 2. The van der Waals surface area contributed by atoms with Crippen LogP contribution in [0.3, 0.4) is 0 Å². The topological polar surface area (TPSA) is 88.0 Å². The zero-order valence-corrected chi connectivity index (χ0v) is 22.2. The number of aromatic nitrogens is 2. The minimum Gasteiger partial charge on any atom is -0.343 e. The number of anilines is 3. The Labute approximate surface area is 222 Å². The standard InChI is InChI=1S/C31H31N5O2/c1-18-8-6-10-23(15-18)28-27(31(38)35-26-13-12-20(3)14-21(26)4)22(5)33-29-25(17-32-36(28)29)30(37)34-24-11-7-9-19(2)16-24/h6-17,28,33H,1-5H3,(H,34,37)(H,35,38). The summed E-state index contributed by atoms with van der Waals surface area (Å²) in [6, 6.07) is 21.1.